The maximum atomic E-state index is 13.0. The van der Waals surface area contributed by atoms with Crippen LogP contribution in [-0.2, 0) is 23.1 Å². The lowest BCUT2D eigenvalue weighted by atomic mass is 9.92. The van der Waals surface area contributed by atoms with Gasteiger partial charge in [0.05, 0.1) is 18.6 Å². The van der Waals surface area contributed by atoms with E-state index in [1.807, 2.05) is 17.0 Å². The van der Waals surface area contributed by atoms with Gasteiger partial charge in [0, 0.05) is 45.6 Å². The van der Waals surface area contributed by atoms with Crippen LogP contribution in [0.2, 0.25) is 0 Å². The number of aryl methyl sites for hydroxylation is 1. The van der Waals surface area contributed by atoms with E-state index in [4.69, 9.17) is 4.74 Å². The molecule has 27 heavy (non-hydrogen) atoms. The van der Waals surface area contributed by atoms with Crippen LogP contribution in [0.5, 0.6) is 0 Å². The molecule has 2 amide bonds. The average molecular weight is 370 g/mol. The van der Waals surface area contributed by atoms with Crippen LogP contribution in [0.4, 0.5) is 0 Å². The summed E-state index contributed by atoms with van der Waals surface area (Å²) in [7, 11) is 1.72. The summed E-state index contributed by atoms with van der Waals surface area (Å²) >= 11 is 0. The maximum Gasteiger partial charge on any atom is 0.293 e. The summed E-state index contributed by atoms with van der Waals surface area (Å²) in [6.07, 6.45) is 5.25. The predicted molar refractivity (Wildman–Crippen MR) is 94.4 cm³/mol. The number of rotatable bonds is 3. The van der Waals surface area contributed by atoms with Gasteiger partial charge in [-0.05, 0) is 24.1 Å². The van der Waals surface area contributed by atoms with E-state index >= 15 is 0 Å². The minimum atomic E-state index is -0.290. The van der Waals surface area contributed by atoms with E-state index in [0.717, 1.165) is 5.56 Å². The van der Waals surface area contributed by atoms with Gasteiger partial charge in [-0.15, -0.1) is 5.10 Å². The Morgan fingerprint density at radius 1 is 1.30 bits per heavy atom. The van der Waals surface area contributed by atoms with Crippen molar-refractivity contribution in [2.45, 2.75) is 19.1 Å². The second-order valence-corrected chi connectivity index (χ2v) is 6.91. The summed E-state index contributed by atoms with van der Waals surface area (Å²) < 4.78 is 7.45. The van der Waals surface area contributed by atoms with Crippen molar-refractivity contribution in [3.63, 3.8) is 0 Å². The molecule has 2 fully saturated rings. The quantitative estimate of drug-likeness (QED) is 0.761. The fourth-order valence-corrected chi connectivity index (χ4v) is 3.66. The highest BCUT2D eigenvalue weighted by molar-refractivity contribution is 5.90. The number of pyridine rings is 1. The van der Waals surface area contributed by atoms with E-state index in [9.17, 15) is 9.59 Å². The molecule has 0 spiro atoms. The van der Waals surface area contributed by atoms with Crippen LogP contribution in [0.15, 0.2) is 30.9 Å². The first kappa shape index (κ1) is 17.6. The summed E-state index contributed by atoms with van der Waals surface area (Å²) in [5, 5.41) is 4.08. The van der Waals surface area contributed by atoms with Crippen molar-refractivity contribution in [3.8, 4) is 0 Å². The van der Waals surface area contributed by atoms with Gasteiger partial charge in [0.15, 0.2) is 0 Å². The highest BCUT2D eigenvalue weighted by Gasteiger charge is 2.40. The number of ether oxygens (including phenoxy) is 1. The SMILES string of the molecule is Cn1cnc(C(=O)N2CC[C@H]3C(=O)N(Cc4ccncc4)CCO[C@H]3C2)n1. The molecular formula is C18H22N6O3. The molecule has 0 saturated carbocycles. The Hall–Kier alpha value is -2.81. The zero-order chi connectivity index (χ0) is 18.8. The second kappa shape index (κ2) is 7.43. The Kier molecular flexibility index (Phi) is 4.85. The third-order valence-electron chi connectivity index (χ3n) is 5.08. The molecule has 2 aromatic rings. The molecule has 0 aliphatic carbocycles. The standard InChI is InChI=1S/C18H22N6O3/c1-22-12-20-16(21-22)18(26)23-7-4-14-15(11-23)27-9-8-24(17(14)25)10-13-2-5-19-6-3-13/h2-3,5-6,12,14-15H,4,7-11H2,1H3/t14-,15+/m1/s1. The lowest BCUT2D eigenvalue weighted by Crippen LogP contribution is -2.51. The van der Waals surface area contributed by atoms with Gasteiger partial charge < -0.3 is 14.5 Å². The number of likely N-dealkylation sites (tertiary alicyclic amines) is 1. The van der Waals surface area contributed by atoms with Crippen LogP contribution in [0, 0.1) is 5.92 Å². The second-order valence-electron chi connectivity index (χ2n) is 6.91. The van der Waals surface area contributed by atoms with Crippen molar-refractivity contribution in [2.24, 2.45) is 13.0 Å². The molecule has 2 saturated heterocycles. The number of amides is 2. The zero-order valence-electron chi connectivity index (χ0n) is 15.2. The topological polar surface area (TPSA) is 93.5 Å². The van der Waals surface area contributed by atoms with Crippen LogP contribution >= 0.6 is 0 Å². The minimum Gasteiger partial charge on any atom is -0.374 e. The van der Waals surface area contributed by atoms with Gasteiger partial charge in [0.25, 0.3) is 5.91 Å². The first-order valence-electron chi connectivity index (χ1n) is 9.06. The number of nitrogens with zero attached hydrogens (tertiary/aromatic N) is 6. The zero-order valence-corrected chi connectivity index (χ0v) is 15.2. The number of piperidine rings is 1. The maximum absolute atomic E-state index is 13.0. The average Bonchev–Trinajstić information content (AvgIpc) is 3.06. The largest absolute Gasteiger partial charge is 0.374 e. The van der Waals surface area contributed by atoms with Crippen molar-refractivity contribution < 1.29 is 14.3 Å². The molecule has 9 nitrogen and oxygen atoms in total. The van der Waals surface area contributed by atoms with Gasteiger partial charge in [-0.1, -0.05) is 0 Å². The third kappa shape index (κ3) is 3.68. The van der Waals surface area contributed by atoms with Gasteiger partial charge in [-0.3, -0.25) is 19.3 Å². The minimum absolute atomic E-state index is 0.0948. The van der Waals surface area contributed by atoms with Gasteiger partial charge in [0.1, 0.15) is 6.33 Å². The van der Waals surface area contributed by atoms with E-state index in [1.54, 1.807) is 24.3 Å². The molecule has 0 aromatic carbocycles. The van der Waals surface area contributed by atoms with Gasteiger partial charge in [-0.2, -0.15) is 0 Å². The van der Waals surface area contributed by atoms with Crippen LogP contribution < -0.4 is 0 Å². The van der Waals surface area contributed by atoms with E-state index in [0.29, 0.717) is 39.2 Å². The predicted octanol–water partition coefficient (Wildman–Crippen LogP) is 0.0998. The summed E-state index contributed by atoms with van der Waals surface area (Å²) in [4.78, 5) is 37.2. The fraction of sp³-hybridized carbons (Fsp3) is 0.500. The van der Waals surface area contributed by atoms with Crippen molar-refractivity contribution in [2.75, 3.05) is 26.2 Å². The first-order chi connectivity index (χ1) is 13.1. The van der Waals surface area contributed by atoms with Crippen molar-refractivity contribution in [3.05, 3.63) is 42.2 Å². The van der Waals surface area contributed by atoms with E-state index < -0.39 is 0 Å². The highest BCUT2D eigenvalue weighted by atomic mass is 16.5. The molecule has 0 unspecified atom stereocenters. The number of carbonyl (C=O) groups excluding carboxylic acids is 2. The molecule has 0 bridgehead atoms. The molecular weight excluding hydrogens is 348 g/mol. The fourth-order valence-electron chi connectivity index (χ4n) is 3.66. The van der Waals surface area contributed by atoms with Gasteiger partial charge in [0.2, 0.25) is 11.7 Å². The molecule has 4 heterocycles. The van der Waals surface area contributed by atoms with Crippen molar-refractivity contribution >= 4 is 11.8 Å². The number of aromatic nitrogens is 4. The normalized spacial score (nSPS) is 23.1. The summed E-state index contributed by atoms with van der Waals surface area (Å²) in [5.74, 6) is -0.175. The van der Waals surface area contributed by atoms with E-state index in [2.05, 4.69) is 15.1 Å². The molecule has 0 radical (unpaired) electrons. The highest BCUT2D eigenvalue weighted by Crippen LogP contribution is 2.26. The smallest absolute Gasteiger partial charge is 0.293 e. The van der Waals surface area contributed by atoms with E-state index in [-0.39, 0.29) is 29.7 Å². The molecule has 142 valence electrons. The molecule has 0 N–H and O–H groups in total. The Morgan fingerprint density at radius 3 is 2.85 bits per heavy atom. The number of fused-ring (bicyclic) bond motifs is 1. The van der Waals surface area contributed by atoms with E-state index in [1.165, 1.54) is 11.0 Å². The Balaban J connectivity index is 1.44. The summed E-state index contributed by atoms with van der Waals surface area (Å²) in [5.41, 5.74) is 1.05. The molecule has 2 aromatic heterocycles. The Morgan fingerprint density at radius 2 is 2.11 bits per heavy atom. The number of hydrogen-bond donors (Lipinski definition) is 0. The molecule has 2 atom stereocenters. The van der Waals surface area contributed by atoms with Crippen LogP contribution in [0.25, 0.3) is 0 Å². The summed E-state index contributed by atoms with van der Waals surface area (Å²) in [6, 6.07) is 3.83. The third-order valence-corrected chi connectivity index (χ3v) is 5.08. The number of hydrogen-bond acceptors (Lipinski definition) is 6. The van der Waals surface area contributed by atoms with Crippen LogP contribution in [-0.4, -0.2) is 73.7 Å². The molecule has 2 aliphatic heterocycles. The van der Waals surface area contributed by atoms with Gasteiger partial charge >= 0.3 is 0 Å². The lowest BCUT2D eigenvalue weighted by molar-refractivity contribution is -0.139. The van der Waals surface area contributed by atoms with Gasteiger partial charge in [-0.25, -0.2) is 4.98 Å². The Labute approximate surface area is 156 Å². The monoisotopic (exact) mass is 370 g/mol. The first-order valence-corrected chi connectivity index (χ1v) is 9.06. The molecule has 4 rings (SSSR count). The van der Waals surface area contributed by atoms with Crippen molar-refractivity contribution in [1.29, 1.82) is 0 Å². The molecule has 2 aliphatic rings. The number of carbonyl (C=O) groups is 2. The van der Waals surface area contributed by atoms with Crippen molar-refractivity contribution in [1.82, 2.24) is 29.5 Å². The van der Waals surface area contributed by atoms with Crippen LogP contribution in [0.1, 0.15) is 22.6 Å². The Bertz CT molecular complexity index is 824. The summed E-state index contributed by atoms with van der Waals surface area (Å²) in [6.45, 7) is 2.44. The molecule has 9 heteroatoms. The lowest BCUT2D eigenvalue weighted by Gasteiger charge is -2.36. The van der Waals surface area contributed by atoms with Crippen LogP contribution in [0.3, 0.4) is 0 Å².